The van der Waals surface area contributed by atoms with Gasteiger partial charge in [-0.15, -0.1) is 23.2 Å². The molecule has 0 radical (unpaired) electrons. The molecule has 4 amide bonds. The van der Waals surface area contributed by atoms with Gasteiger partial charge >= 0.3 is 0 Å². The summed E-state index contributed by atoms with van der Waals surface area (Å²) >= 11 is 25.4. The molecule has 0 saturated heterocycles. The smallest absolute Gasteiger partial charge is 0.259 e. The van der Waals surface area contributed by atoms with Crippen molar-refractivity contribution in [2.75, 3.05) is 34.5 Å². The molecule has 0 saturated carbocycles. The Bertz CT molecular complexity index is 2720. The van der Waals surface area contributed by atoms with Gasteiger partial charge in [-0.2, -0.15) is 20.5 Å². The standard InChI is InChI=1S/C48H46Cl4N8O8/c1-7-67-38-23-33(55-47(65)42(27(5)61)59-57-36-13-9-11-34(40(36)51)45(63)53-31-19-15-29(16-20-31)25(3)49)24-39(68-8-2)44(38)56-48(66)43(28(6)62)60-58-37-14-10-12-35(41(37)52)46(64)54-32-21-17-30(18-22-32)26(4)50/h9-26,42-43H,7-8H2,1-6H3,(H,53,63)(H,54,64)(H,55,65)(H,56,66). The summed E-state index contributed by atoms with van der Waals surface area (Å²) in [5.41, 5.74) is 2.97. The van der Waals surface area contributed by atoms with E-state index in [1.165, 1.54) is 48.5 Å². The van der Waals surface area contributed by atoms with Crippen molar-refractivity contribution in [3.63, 3.8) is 0 Å². The third kappa shape index (κ3) is 13.7. The quantitative estimate of drug-likeness (QED) is 0.0333. The van der Waals surface area contributed by atoms with E-state index in [9.17, 15) is 28.8 Å². The average molecular weight is 1000 g/mol. The van der Waals surface area contributed by atoms with Crippen LogP contribution in [0, 0.1) is 0 Å². The second-order valence-corrected chi connectivity index (χ2v) is 16.9. The van der Waals surface area contributed by atoms with Crippen LogP contribution in [-0.2, 0) is 19.2 Å². The van der Waals surface area contributed by atoms with E-state index in [2.05, 4.69) is 41.7 Å². The molecule has 0 aliphatic heterocycles. The Morgan fingerprint density at radius 2 is 0.926 bits per heavy atom. The predicted octanol–water partition coefficient (Wildman–Crippen LogP) is 12.3. The molecule has 0 fully saturated rings. The number of carbonyl (C=O) groups excluding carboxylic acids is 6. The van der Waals surface area contributed by atoms with Crippen molar-refractivity contribution in [3.8, 4) is 11.5 Å². The van der Waals surface area contributed by atoms with E-state index in [1.807, 2.05) is 13.8 Å². The number of Topliss-reactive ketones (excluding diaryl/α,β-unsaturated/α-hetero) is 2. The summed E-state index contributed by atoms with van der Waals surface area (Å²) in [6.07, 6.45) is 0. The molecule has 0 aliphatic rings. The van der Waals surface area contributed by atoms with E-state index in [0.29, 0.717) is 11.4 Å². The number of alkyl halides is 2. The number of hydrogen-bond donors (Lipinski definition) is 4. The first kappa shape index (κ1) is 52.3. The summed E-state index contributed by atoms with van der Waals surface area (Å²) in [5.74, 6) is -4.22. The maximum Gasteiger partial charge on any atom is 0.259 e. The summed E-state index contributed by atoms with van der Waals surface area (Å²) in [4.78, 5) is 79.3. The molecule has 0 aliphatic carbocycles. The van der Waals surface area contributed by atoms with Gasteiger partial charge in [0.2, 0.25) is 12.1 Å². The van der Waals surface area contributed by atoms with Crippen molar-refractivity contribution < 1.29 is 38.2 Å². The van der Waals surface area contributed by atoms with E-state index < -0.39 is 47.3 Å². The number of rotatable bonds is 20. The molecule has 68 heavy (non-hydrogen) atoms. The lowest BCUT2D eigenvalue weighted by Crippen LogP contribution is -2.32. The van der Waals surface area contributed by atoms with E-state index >= 15 is 0 Å². The fourth-order valence-corrected chi connectivity index (χ4v) is 7.00. The van der Waals surface area contributed by atoms with Crippen molar-refractivity contribution in [1.82, 2.24) is 0 Å². The summed E-state index contributed by atoms with van der Waals surface area (Å²) in [6, 6.07) is 22.2. The Kier molecular flexibility index (Phi) is 18.7. The zero-order valence-electron chi connectivity index (χ0n) is 37.5. The number of ketones is 2. The van der Waals surface area contributed by atoms with Crippen molar-refractivity contribution in [2.45, 2.75) is 64.4 Å². The summed E-state index contributed by atoms with van der Waals surface area (Å²) in [7, 11) is 0. The molecule has 0 bridgehead atoms. The van der Waals surface area contributed by atoms with Crippen molar-refractivity contribution in [1.29, 1.82) is 0 Å². The van der Waals surface area contributed by atoms with Crippen LogP contribution < -0.4 is 30.7 Å². The van der Waals surface area contributed by atoms with E-state index in [0.717, 1.165) is 25.0 Å². The van der Waals surface area contributed by atoms with E-state index in [4.69, 9.17) is 55.9 Å². The highest BCUT2D eigenvalue weighted by atomic mass is 35.5. The molecule has 5 aromatic rings. The Balaban J connectivity index is 1.33. The third-order valence-electron chi connectivity index (χ3n) is 9.71. The van der Waals surface area contributed by atoms with Crippen LogP contribution >= 0.6 is 46.4 Å². The molecule has 354 valence electrons. The van der Waals surface area contributed by atoms with Gasteiger partial charge in [-0.25, -0.2) is 0 Å². The minimum Gasteiger partial charge on any atom is -0.491 e. The average Bonchev–Trinajstić information content (AvgIpc) is 3.28. The van der Waals surface area contributed by atoms with Gasteiger partial charge in [-0.1, -0.05) is 59.6 Å². The molecular weight excluding hydrogens is 958 g/mol. The zero-order valence-corrected chi connectivity index (χ0v) is 40.6. The van der Waals surface area contributed by atoms with Gasteiger partial charge in [-0.3, -0.25) is 28.8 Å². The lowest BCUT2D eigenvalue weighted by molar-refractivity contribution is -0.127. The highest BCUT2D eigenvalue weighted by molar-refractivity contribution is 6.37. The number of ether oxygens (including phenoxy) is 2. The fraction of sp³-hybridized carbons (Fsp3) is 0.250. The number of hydrogen-bond acceptors (Lipinski definition) is 12. The minimum atomic E-state index is -1.70. The number of benzene rings is 5. The van der Waals surface area contributed by atoms with E-state index in [1.54, 1.807) is 62.4 Å². The second-order valence-electron chi connectivity index (χ2n) is 14.8. The van der Waals surface area contributed by atoms with Gasteiger partial charge in [0.15, 0.2) is 11.6 Å². The van der Waals surface area contributed by atoms with Gasteiger partial charge in [0.25, 0.3) is 23.6 Å². The van der Waals surface area contributed by atoms with Crippen LogP contribution in [-0.4, -0.2) is 60.5 Å². The van der Waals surface area contributed by atoms with Gasteiger partial charge in [0.05, 0.1) is 45.1 Å². The fourth-order valence-electron chi connectivity index (χ4n) is 6.21. The summed E-state index contributed by atoms with van der Waals surface area (Å²) in [6.45, 7) is 9.47. The third-order valence-corrected chi connectivity index (χ3v) is 11.0. The molecule has 4 unspecified atom stereocenters. The van der Waals surface area contributed by atoms with Crippen LogP contribution in [0.3, 0.4) is 0 Å². The largest absolute Gasteiger partial charge is 0.491 e. The minimum absolute atomic E-state index is 0.00775. The van der Waals surface area contributed by atoms with Crippen molar-refractivity contribution in [3.05, 3.63) is 129 Å². The first-order valence-corrected chi connectivity index (χ1v) is 22.6. The van der Waals surface area contributed by atoms with Crippen LogP contribution in [0.1, 0.15) is 84.1 Å². The highest BCUT2D eigenvalue weighted by Crippen LogP contribution is 2.39. The normalized spacial score (nSPS) is 13.0. The van der Waals surface area contributed by atoms with Gasteiger partial charge in [0.1, 0.15) is 28.6 Å². The number of halogens is 4. The molecule has 4 atom stereocenters. The number of amides is 4. The molecule has 5 aromatic carbocycles. The van der Waals surface area contributed by atoms with Crippen LogP contribution in [0.25, 0.3) is 0 Å². The molecule has 5 rings (SSSR count). The summed E-state index contributed by atoms with van der Waals surface area (Å²) < 4.78 is 11.7. The first-order valence-electron chi connectivity index (χ1n) is 21.0. The number of nitrogens with zero attached hydrogens (tertiary/aromatic N) is 4. The molecular formula is C48H46Cl4N8O8. The molecule has 0 aromatic heterocycles. The van der Waals surface area contributed by atoms with Crippen LogP contribution in [0.15, 0.2) is 118 Å². The number of carbonyl (C=O) groups is 6. The maximum absolute atomic E-state index is 13.8. The van der Waals surface area contributed by atoms with Gasteiger partial charge in [0, 0.05) is 29.2 Å². The predicted molar refractivity (Wildman–Crippen MR) is 264 cm³/mol. The van der Waals surface area contributed by atoms with Crippen LogP contribution in [0.2, 0.25) is 10.0 Å². The SMILES string of the molecule is CCOc1cc(NC(=O)C(N=Nc2cccc(C(=O)Nc3ccc(C(C)Cl)cc3)c2Cl)C(C)=O)cc(OCC)c1NC(=O)C(N=Nc1cccc(C(=O)Nc2ccc(C(C)Cl)cc2)c1Cl)C(C)=O. The lowest BCUT2D eigenvalue weighted by Gasteiger charge is -2.19. The maximum atomic E-state index is 13.8. The lowest BCUT2D eigenvalue weighted by atomic mass is 10.1. The Morgan fingerprint density at radius 3 is 1.28 bits per heavy atom. The van der Waals surface area contributed by atoms with Gasteiger partial charge < -0.3 is 30.7 Å². The highest BCUT2D eigenvalue weighted by Gasteiger charge is 2.29. The Labute approximate surface area is 412 Å². The molecule has 16 nitrogen and oxygen atoms in total. The van der Waals surface area contributed by atoms with Crippen LogP contribution in [0.4, 0.5) is 34.1 Å². The zero-order chi connectivity index (χ0) is 49.7. The number of azo groups is 2. The molecule has 20 heteroatoms. The van der Waals surface area contributed by atoms with Gasteiger partial charge in [-0.05, 0) is 101 Å². The summed E-state index contributed by atoms with van der Waals surface area (Å²) in [5, 5.41) is 26.3. The first-order chi connectivity index (χ1) is 32.4. The molecule has 0 heterocycles. The molecule has 4 N–H and O–H groups in total. The second kappa shape index (κ2) is 24.3. The van der Waals surface area contributed by atoms with Crippen molar-refractivity contribution >= 4 is 116 Å². The number of nitrogens with one attached hydrogen (secondary N) is 4. The Hall–Kier alpha value is -6.72. The van der Waals surface area contributed by atoms with E-state index in [-0.39, 0.29) is 79.4 Å². The van der Waals surface area contributed by atoms with Crippen LogP contribution in [0.5, 0.6) is 11.5 Å². The molecule has 0 spiro atoms. The van der Waals surface area contributed by atoms with Crippen molar-refractivity contribution in [2.24, 2.45) is 20.5 Å². The number of anilines is 4. The monoisotopic (exact) mass is 1000 g/mol. The topological polar surface area (TPSA) is 218 Å². The Morgan fingerprint density at radius 1 is 0.544 bits per heavy atom.